The fraction of sp³-hybridized carbons (Fsp3) is 0.435. The molecule has 0 amide bonds. The summed E-state index contributed by atoms with van der Waals surface area (Å²) in [7, 11) is 1.55. The van der Waals surface area contributed by atoms with E-state index in [1.807, 2.05) is 31.2 Å². The number of carbonyl (C=O) groups is 1. The Morgan fingerprint density at radius 2 is 1.79 bits per heavy atom. The topological polar surface area (TPSA) is 65.7 Å². The number of aryl methyl sites for hydroxylation is 2. The summed E-state index contributed by atoms with van der Waals surface area (Å²) in [5.41, 5.74) is 2.99. The van der Waals surface area contributed by atoms with Gasteiger partial charge in [0.2, 0.25) is 6.79 Å². The summed E-state index contributed by atoms with van der Waals surface area (Å²) in [4.78, 5) is 15.2. The highest BCUT2D eigenvalue weighted by Gasteiger charge is 2.41. The zero-order valence-corrected chi connectivity index (χ0v) is 20.1. The summed E-state index contributed by atoms with van der Waals surface area (Å²) in [6.07, 6.45) is -3.63. The van der Waals surface area contributed by atoms with Gasteiger partial charge in [-0.25, -0.2) is 4.79 Å². The second-order valence-corrected chi connectivity index (χ2v) is 8.59. The summed E-state index contributed by atoms with van der Waals surface area (Å²) < 4.78 is 49.1. The smallest absolute Gasteiger partial charge is 0.454 e. The summed E-state index contributed by atoms with van der Waals surface area (Å²) in [5, 5.41) is 4.62. The van der Waals surface area contributed by atoms with Crippen molar-refractivity contribution in [1.29, 1.82) is 0 Å². The molecule has 10 heteroatoms. The number of alkyl halides is 3. The van der Waals surface area contributed by atoms with E-state index in [4.69, 9.17) is 16.3 Å². The maximum atomic E-state index is 12.6. The van der Waals surface area contributed by atoms with Crippen molar-refractivity contribution >= 4 is 35.1 Å². The number of benzene rings is 1. The number of esters is 1. The lowest BCUT2D eigenvalue weighted by Crippen LogP contribution is -2.26. The van der Waals surface area contributed by atoms with Crippen LogP contribution in [-0.4, -0.2) is 42.0 Å². The van der Waals surface area contributed by atoms with Crippen molar-refractivity contribution in [3.8, 4) is 0 Å². The Labute approximate surface area is 196 Å². The highest BCUT2D eigenvalue weighted by molar-refractivity contribution is 6.33. The van der Waals surface area contributed by atoms with Gasteiger partial charge in [0, 0.05) is 25.4 Å². The predicted molar refractivity (Wildman–Crippen MR) is 122 cm³/mol. The van der Waals surface area contributed by atoms with Crippen molar-refractivity contribution in [2.75, 3.05) is 13.8 Å². The summed E-state index contributed by atoms with van der Waals surface area (Å²) in [6.45, 7) is 9.22. The minimum absolute atomic E-state index is 0.0758. The SMILES string of the molecule is CCn1nc(C)c(Cl)c1/C(OCOC(=O)C(F)(F)F)=C(\C=N/C)c1ccc(C(C)(C)C)cc1. The Balaban J connectivity index is 2.64. The van der Waals surface area contributed by atoms with Gasteiger partial charge in [0.15, 0.2) is 5.76 Å². The predicted octanol–water partition coefficient (Wildman–Crippen LogP) is 5.81. The molecule has 0 aliphatic rings. The van der Waals surface area contributed by atoms with Gasteiger partial charge in [0.1, 0.15) is 5.69 Å². The molecule has 6 nitrogen and oxygen atoms in total. The first-order valence-electron chi connectivity index (χ1n) is 10.2. The molecular formula is C23H27ClF3N3O3. The maximum absolute atomic E-state index is 12.6. The van der Waals surface area contributed by atoms with Crippen LogP contribution in [-0.2, 0) is 26.2 Å². The van der Waals surface area contributed by atoms with Crippen molar-refractivity contribution < 1.29 is 27.4 Å². The van der Waals surface area contributed by atoms with Gasteiger partial charge in [-0.05, 0) is 30.4 Å². The molecule has 1 heterocycles. The summed E-state index contributed by atoms with van der Waals surface area (Å²) in [5.74, 6) is -2.26. The lowest BCUT2D eigenvalue weighted by Gasteiger charge is -2.20. The molecule has 180 valence electrons. The van der Waals surface area contributed by atoms with Crippen molar-refractivity contribution in [2.24, 2.45) is 4.99 Å². The third kappa shape index (κ3) is 6.37. The molecule has 2 aromatic rings. The number of aliphatic imine (C=N–C) groups is 1. The van der Waals surface area contributed by atoms with Gasteiger partial charge in [-0.1, -0.05) is 56.6 Å². The fourth-order valence-electron chi connectivity index (χ4n) is 3.05. The van der Waals surface area contributed by atoms with Crippen LogP contribution in [0.4, 0.5) is 13.2 Å². The third-order valence-corrected chi connectivity index (χ3v) is 5.21. The van der Waals surface area contributed by atoms with Crippen LogP contribution in [0.2, 0.25) is 5.02 Å². The molecule has 0 N–H and O–H groups in total. The lowest BCUT2D eigenvalue weighted by atomic mass is 9.86. The van der Waals surface area contributed by atoms with E-state index in [2.05, 4.69) is 35.6 Å². The molecule has 0 saturated carbocycles. The van der Waals surface area contributed by atoms with Crippen molar-refractivity contribution in [3.05, 3.63) is 51.8 Å². The standard InChI is InChI=1S/C23H27ClF3N3O3/c1-7-30-19(18(24)14(2)29-30)20(32-13-33-21(31)23(25,26)27)17(12-28-6)15-8-10-16(11-9-15)22(3,4)5/h8-12H,7,13H2,1-6H3/b20-17-,28-12-. The first-order valence-corrected chi connectivity index (χ1v) is 10.6. The van der Waals surface area contributed by atoms with Crippen molar-refractivity contribution in [1.82, 2.24) is 9.78 Å². The molecule has 0 atom stereocenters. The van der Waals surface area contributed by atoms with E-state index in [-0.39, 0.29) is 16.2 Å². The molecule has 0 saturated heterocycles. The van der Waals surface area contributed by atoms with E-state index in [9.17, 15) is 18.0 Å². The molecule has 0 aliphatic carbocycles. The molecule has 2 rings (SSSR count). The number of ether oxygens (including phenoxy) is 2. The van der Waals surface area contributed by atoms with Crippen LogP contribution in [0.15, 0.2) is 29.3 Å². The zero-order chi connectivity index (χ0) is 25.0. The van der Waals surface area contributed by atoms with Gasteiger partial charge in [0.25, 0.3) is 0 Å². The van der Waals surface area contributed by atoms with E-state index < -0.39 is 18.9 Å². The number of halogens is 4. The van der Waals surface area contributed by atoms with E-state index in [0.29, 0.717) is 29.1 Å². The van der Waals surface area contributed by atoms with Crippen LogP contribution >= 0.6 is 11.6 Å². The summed E-state index contributed by atoms with van der Waals surface area (Å²) in [6, 6.07) is 7.61. The van der Waals surface area contributed by atoms with Gasteiger partial charge in [-0.3, -0.25) is 9.67 Å². The first-order chi connectivity index (χ1) is 15.3. The van der Waals surface area contributed by atoms with E-state index in [0.717, 1.165) is 5.56 Å². The largest absolute Gasteiger partial charge is 0.491 e. The zero-order valence-electron chi connectivity index (χ0n) is 19.4. The van der Waals surface area contributed by atoms with Gasteiger partial charge < -0.3 is 9.47 Å². The van der Waals surface area contributed by atoms with Crippen molar-refractivity contribution in [2.45, 2.75) is 52.8 Å². The average Bonchev–Trinajstić information content (AvgIpc) is 3.02. The van der Waals surface area contributed by atoms with E-state index >= 15 is 0 Å². The fourth-order valence-corrected chi connectivity index (χ4v) is 3.27. The minimum atomic E-state index is -5.14. The van der Waals surface area contributed by atoms with Gasteiger partial charge >= 0.3 is 12.1 Å². The van der Waals surface area contributed by atoms with Crippen LogP contribution in [0.1, 0.15) is 50.2 Å². The normalized spacial score (nSPS) is 13.3. The molecule has 0 radical (unpaired) electrons. The molecule has 33 heavy (non-hydrogen) atoms. The highest BCUT2D eigenvalue weighted by atomic mass is 35.5. The second-order valence-electron chi connectivity index (χ2n) is 8.21. The van der Waals surface area contributed by atoms with E-state index in [1.54, 1.807) is 18.7 Å². The second kappa shape index (κ2) is 10.4. The average molecular weight is 486 g/mol. The van der Waals surface area contributed by atoms with Gasteiger partial charge in [-0.2, -0.15) is 18.3 Å². The minimum Gasteiger partial charge on any atom is -0.454 e. The number of carbonyl (C=O) groups excluding carboxylic acids is 1. The highest BCUT2D eigenvalue weighted by Crippen LogP contribution is 2.34. The van der Waals surface area contributed by atoms with Gasteiger partial charge in [0.05, 0.1) is 10.7 Å². The molecule has 0 fully saturated rings. The maximum Gasteiger partial charge on any atom is 0.491 e. The molecule has 0 bridgehead atoms. The monoisotopic (exact) mass is 485 g/mol. The first kappa shape index (κ1) is 26.4. The summed E-state index contributed by atoms with van der Waals surface area (Å²) >= 11 is 6.49. The molecule has 0 aliphatic heterocycles. The quantitative estimate of drug-likeness (QED) is 0.215. The van der Waals surface area contributed by atoms with E-state index in [1.165, 1.54) is 6.21 Å². The van der Waals surface area contributed by atoms with Gasteiger partial charge in [-0.15, -0.1) is 0 Å². The Morgan fingerprint density at radius 3 is 2.27 bits per heavy atom. The molecule has 0 spiro atoms. The van der Waals surface area contributed by atoms with Crippen LogP contribution in [0.25, 0.3) is 11.3 Å². The Kier molecular flexibility index (Phi) is 8.35. The lowest BCUT2D eigenvalue weighted by molar-refractivity contribution is -0.206. The molecule has 1 aromatic carbocycles. The number of hydrogen-bond donors (Lipinski definition) is 0. The number of allylic oxidation sites excluding steroid dienone is 1. The number of hydrogen-bond acceptors (Lipinski definition) is 5. The van der Waals surface area contributed by atoms with Crippen molar-refractivity contribution in [3.63, 3.8) is 0 Å². The Morgan fingerprint density at radius 1 is 1.18 bits per heavy atom. The Bertz CT molecular complexity index is 1050. The van der Waals surface area contributed by atoms with Crippen LogP contribution in [0.3, 0.4) is 0 Å². The molecule has 1 aromatic heterocycles. The third-order valence-electron chi connectivity index (χ3n) is 4.76. The van der Waals surface area contributed by atoms with Crippen LogP contribution < -0.4 is 0 Å². The number of rotatable bonds is 7. The number of aromatic nitrogens is 2. The molecular weight excluding hydrogens is 459 g/mol. The molecule has 0 unspecified atom stereocenters. The Hall–Kier alpha value is -2.81. The number of nitrogens with zero attached hydrogens (tertiary/aromatic N) is 3. The van der Waals surface area contributed by atoms with Crippen LogP contribution in [0.5, 0.6) is 0 Å². The van der Waals surface area contributed by atoms with Crippen LogP contribution in [0, 0.1) is 6.92 Å².